The number of nitrogens with zero attached hydrogens (tertiary/aromatic N) is 3. The molecule has 2 aromatic heterocycles. The van der Waals surface area contributed by atoms with Gasteiger partial charge in [0.15, 0.2) is 5.78 Å². The van der Waals surface area contributed by atoms with Crippen LogP contribution in [0.1, 0.15) is 16.8 Å². The molecule has 3 heterocycles. The third kappa shape index (κ3) is 3.51. The minimum absolute atomic E-state index is 0.0517. The van der Waals surface area contributed by atoms with E-state index in [2.05, 4.69) is 20.5 Å². The van der Waals surface area contributed by atoms with Crippen LogP contribution in [0.15, 0.2) is 79.1 Å². The molecule has 0 unspecified atom stereocenters. The summed E-state index contributed by atoms with van der Waals surface area (Å²) in [5.41, 5.74) is 4.94. The van der Waals surface area contributed by atoms with Gasteiger partial charge >= 0.3 is 0 Å². The zero-order valence-electron chi connectivity index (χ0n) is 16.1. The molecule has 2 aromatic carbocycles. The molecule has 0 radical (unpaired) electrons. The monoisotopic (exact) mass is 394 g/mol. The normalized spacial score (nSPS) is 13.5. The van der Waals surface area contributed by atoms with Gasteiger partial charge in [-0.2, -0.15) is 10.2 Å². The zero-order valence-corrected chi connectivity index (χ0v) is 16.1. The smallest absolute Gasteiger partial charge is 0.184 e. The maximum absolute atomic E-state index is 12.5. The van der Waals surface area contributed by atoms with E-state index in [4.69, 9.17) is 4.74 Å². The van der Waals surface area contributed by atoms with Crippen LogP contribution in [0.4, 0.5) is 0 Å². The zero-order chi connectivity index (χ0) is 20.3. The van der Waals surface area contributed by atoms with E-state index in [1.165, 1.54) is 0 Å². The number of carbonyl (C=O) groups is 1. The predicted octanol–water partition coefficient (Wildman–Crippen LogP) is 3.64. The van der Waals surface area contributed by atoms with Crippen LogP contribution in [0.25, 0.3) is 22.2 Å². The summed E-state index contributed by atoms with van der Waals surface area (Å²) in [7, 11) is 0. The average molecular weight is 394 g/mol. The molecule has 1 aliphatic heterocycles. The highest BCUT2D eigenvalue weighted by Crippen LogP contribution is 2.30. The molecule has 0 saturated heterocycles. The summed E-state index contributed by atoms with van der Waals surface area (Å²) in [5.74, 6) is 0.774. The number of fused-ring (bicyclic) bond motifs is 1. The van der Waals surface area contributed by atoms with Crippen molar-refractivity contribution < 1.29 is 9.53 Å². The molecule has 0 saturated carbocycles. The number of aromatic nitrogens is 3. The molecule has 1 N–H and O–H groups in total. The summed E-state index contributed by atoms with van der Waals surface area (Å²) in [5, 5.41) is 12.0. The number of carbonyl (C=O) groups excluding carboxylic acids is 1. The van der Waals surface area contributed by atoms with Gasteiger partial charge in [-0.25, -0.2) is 4.98 Å². The molecule has 0 bridgehead atoms. The number of hydrogen-bond acceptors (Lipinski definition) is 6. The van der Waals surface area contributed by atoms with Crippen molar-refractivity contribution in [3.63, 3.8) is 0 Å². The fourth-order valence-corrected chi connectivity index (χ4v) is 3.54. The molecule has 30 heavy (non-hydrogen) atoms. The van der Waals surface area contributed by atoms with Gasteiger partial charge < -0.3 is 10.1 Å². The van der Waals surface area contributed by atoms with E-state index in [-0.39, 0.29) is 12.3 Å². The number of benzene rings is 2. The Morgan fingerprint density at radius 1 is 0.900 bits per heavy atom. The van der Waals surface area contributed by atoms with Crippen molar-refractivity contribution >= 4 is 28.0 Å². The molecule has 0 atom stereocenters. The minimum Gasteiger partial charge on any atom is -0.487 e. The highest BCUT2D eigenvalue weighted by Gasteiger charge is 2.25. The van der Waals surface area contributed by atoms with Crippen molar-refractivity contribution in [2.75, 3.05) is 6.54 Å². The first-order valence-corrected chi connectivity index (χ1v) is 9.64. The van der Waals surface area contributed by atoms with Crippen molar-refractivity contribution in [1.29, 1.82) is 0 Å². The van der Waals surface area contributed by atoms with E-state index in [1.807, 2.05) is 66.7 Å². The molecule has 0 spiro atoms. The Kier molecular flexibility index (Phi) is 4.65. The van der Waals surface area contributed by atoms with Gasteiger partial charge in [0.1, 0.15) is 12.4 Å². The number of rotatable bonds is 5. The molecule has 146 valence electrons. The number of hydrogen-bond donors (Lipinski definition) is 1. The van der Waals surface area contributed by atoms with Crippen LogP contribution in [0.5, 0.6) is 5.75 Å². The molecule has 4 aromatic rings. The summed E-state index contributed by atoms with van der Waals surface area (Å²) >= 11 is 0. The van der Waals surface area contributed by atoms with E-state index >= 15 is 0 Å². The SMILES string of the molecule is O=C1CNC(c2ccnnc2)=C1c1ccc(OCc2ccc3ccccc3n2)cc1. The van der Waals surface area contributed by atoms with Crippen LogP contribution < -0.4 is 10.1 Å². The van der Waals surface area contributed by atoms with Gasteiger partial charge in [0, 0.05) is 10.9 Å². The third-order valence-electron chi connectivity index (χ3n) is 5.01. The predicted molar refractivity (Wildman–Crippen MR) is 114 cm³/mol. The highest BCUT2D eigenvalue weighted by molar-refractivity contribution is 6.31. The minimum atomic E-state index is 0.0517. The Bertz CT molecular complexity index is 1250. The Morgan fingerprint density at radius 2 is 1.77 bits per heavy atom. The fraction of sp³-hybridized carbons (Fsp3) is 0.0833. The Balaban J connectivity index is 1.35. The molecule has 0 amide bonds. The van der Waals surface area contributed by atoms with Gasteiger partial charge in [0.05, 0.1) is 41.4 Å². The Hall–Kier alpha value is -4.06. The van der Waals surface area contributed by atoms with Crippen LogP contribution in [-0.2, 0) is 11.4 Å². The summed E-state index contributed by atoms with van der Waals surface area (Å²) in [6.45, 7) is 0.653. The topological polar surface area (TPSA) is 77.0 Å². The van der Waals surface area contributed by atoms with Crippen molar-refractivity contribution in [3.05, 3.63) is 95.9 Å². The number of nitrogens with one attached hydrogen (secondary N) is 1. The maximum atomic E-state index is 12.5. The van der Waals surface area contributed by atoms with Gasteiger partial charge in [-0.15, -0.1) is 0 Å². The summed E-state index contributed by atoms with van der Waals surface area (Å²) in [4.78, 5) is 17.1. The highest BCUT2D eigenvalue weighted by atomic mass is 16.5. The average Bonchev–Trinajstić information content (AvgIpc) is 3.20. The second-order valence-electron chi connectivity index (χ2n) is 6.97. The maximum Gasteiger partial charge on any atom is 0.184 e. The first kappa shape index (κ1) is 18.0. The number of ketones is 1. The second-order valence-corrected chi connectivity index (χ2v) is 6.97. The molecule has 1 aliphatic rings. The third-order valence-corrected chi connectivity index (χ3v) is 5.01. The summed E-state index contributed by atoms with van der Waals surface area (Å²) in [6, 6.07) is 21.4. The van der Waals surface area contributed by atoms with Gasteiger partial charge in [-0.1, -0.05) is 36.4 Å². The number of Topliss-reactive ketones (excluding diaryl/α,β-unsaturated/α-hetero) is 1. The number of pyridine rings is 1. The molecule has 6 nitrogen and oxygen atoms in total. The van der Waals surface area contributed by atoms with E-state index in [1.54, 1.807) is 12.4 Å². The fourth-order valence-electron chi connectivity index (χ4n) is 3.54. The van der Waals surface area contributed by atoms with Crippen LogP contribution in [0.2, 0.25) is 0 Å². The van der Waals surface area contributed by atoms with Crippen LogP contribution >= 0.6 is 0 Å². The number of para-hydroxylation sites is 1. The quantitative estimate of drug-likeness (QED) is 0.557. The van der Waals surface area contributed by atoms with E-state index in [0.717, 1.165) is 39.2 Å². The van der Waals surface area contributed by atoms with E-state index < -0.39 is 0 Å². The largest absolute Gasteiger partial charge is 0.487 e. The van der Waals surface area contributed by atoms with Crippen molar-refractivity contribution in [2.45, 2.75) is 6.61 Å². The lowest BCUT2D eigenvalue weighted by molar-refractivity contribution is -0.112. The first-order chi connectivity index (χ1) is 14.8. The van der Waals surface area contributed by atoms with Gasteiger partial charge in [0.2, 0.25) is 0 Å². The van der Waals surface area contributed by atoms with Crippen LogP contribution in [-0.4, -0.2) is 27.5 Å². The first-order valence-electron chi connectivity index (χ1n) is 9.64. The van der Waals surface area contributed by atoms with Crippen molar-refractivity contribution in [3.8, 4) is 5.75 Å². The van der Waals surface area contributed by atoms with Gasteiger partial charge in [-0.3, -0.25) is 4.79 Å². The van der Waals surface area contributed by atoms with E-state index in [9.17, 15) is 4.79 Å². The second kappa shape index (κ2) is 7.75. The number of ether oxygens (including phenoxy) is 1. The van der Waals surface area contributed by atoms with Crippen molar-refractivity contribution in [1.82, 2.24) is 20.5 Å². The van der Waals surface area contributed by atoms with Crippen LogP contribution in [0, 0.1) is 0 Å². The van der Waals surface area contributed by atoms with E-state index in [0.29, 0.717) is 12.2 Å². The lowest BCUT2D eigenvalue weighted by atomic mass is 10.00. The van der Waals surface area contributed by atoms with Gasteiger partial charge in [-0.05, 0) is 35.9 Å². The molecular weight excluding hydrogens is 376 g/mol. The van der Waals surface area contributed by atoms with Crippen LogP contribution in [0.3, 0.4) is 0 Å². The summed E-state index contributed by atoms with van der Waals surface area (Å²) in [6.07, 6.45) is 3.26. The molecule has 0 fully saturated rings. The lowest BCUT2D eigenvalue weighted by Crippen LogP contribution is -2.11. The molecule has 0 aliphatic carbocycles. The Morgan fingerprint density at radius 3 is 2.60 bits per heavy atom. The van der Waals surface area contributed by atoms with Crippen molar-refractivity contribution in [2.24, 2.45) is 0 Å². The lowest BCUT2D eigenvalue weighted by Gasteiger charge is -2.09. The molecule has 5 rings (SSSR count). The Labute approximate surface area is 173 Å². The summed E-state index contributed by atoms with van der Waals surface area (Å²) < 4.78 is 5.90. The molecule has 6 heteroatoms. The molecular formula is C24H18N4O2. The van der Waals surface area contributed by atoms with Gasteiger partial charge in [0.25, 0.3) is 0 Å². The standard InChI is InChI=1S/C24H18N4O2/c29-22-14-25-24(18-11-12-26-27-13-18)23(22)17-6-9-20(10-7-17)30-15-19-8-5-16-3-1-2-4-21(16)28-19/h1-13,25H,14-15H2.